The number of ether oxygens (including phenoxy) is 3. The van der Waals surface area contributed by atoms with E-state index in [1.54, 1.807) is 0 Å². The quantitative estimate of drug-likeness (QED) is 0.750. The van der Waals surface area contributed by atoms with Gasteiger partial charge in [-0.15, -0.1) is 6.58 Å². The van der Waals surface area contributed by atoms with Crippen LogP contribution in [-0.4, -0.2) is 24.6 Å². The van der Waals surface area contributed by atoms with Gasteiger partial charge in [-0.2, -0.15) is 0 Å². The molecule has 0 amide bonds. The van der Waals surface area contributed by atoms with Crippen LogP contribution in [0.25, 0.3) is 0 Å². The predicted octanol–water partition coefficient (Wildman–Crippen LogP) is 4.47. The van der Waals surface area contributed by atoms with Crippen molar-refractivity contribution in [1.82, 2.24) is 0 Å². The molecule has 0 bridgehead atoms. The Morgan fingerprint density at radius 2 is 2.13 bits per heavy atom. The third kappa shape index (κ3) is 3.85. The molecule has 2 heterocycles. The van der Waals surface area contributed by atoms with Crippen LogP contribution in [0.15, 0.2) is 43.0 Å². The smallest absolute Gasteiger partial charge is 0.194 e. The second kappa shape index (κ2) is 7.61. The van der Waals surface area contributed by atoms with E-state index in [1.807, 2.05) is 24.3 Å². The van der Waals surface area contributed by atoms with Crippen molar-refractivity contribution in [3.8, 4) is 0 Å². The topological polar surface area (TPSA) is 27.7 Å². The molecule has 1 aromatic carbocycles. The standard InChI is InChI=1S/C20H28O3/c1-3-16(2)18-11-12-19(20(23-18)13-7-8-14-22-20)21-15-17-9-5-4-6-10-17/h3-6,9-10,16,18-19H,1,7-8,11-15H2,2H3/t16-,18+,19-,20-/m0/s1. The minimum Gasteiger partial charge on any atom is -0.368 e. The minimum atomic E-state index is -0.562. The Hall–Kier alpha value is -1.16. The maximum Gasteiger partial charge on any atom is 0.194 e. The molecule has 0 aromatic heterocycles. The summed E-state index contributed by atoms with van der Waals surface area (Å²) >= 11 is 0. The Morgan fingerprint density at radius 3 is 2.83 bits per heavy atom. The van der Waals surface area contributed by atoms with Gasteiger partial charge < -0.3 is 14.2 Å². The molecule has 2 aliphatic heterocycles. The van der Waals surface area contributed by atoms with Gasteiger partial charge in [0, 0.05) is 12.3 Å². The van der Waals surface area contributed by atoms with Gasteiger partial charge in [0.2, 0.25) is 0 Å². The fraction of sp³-hybridized carbons (Fsp3) is 0.600. The lowest BCUT2D eigenvalue weighted by Gasteiger charge is -2.49. The fourth-order valence-corrected chi connectivity index (χ4v) is 3.57. The van der Waals surface area contributed by atoms with E-state index in [0.29, 0.717) is 12.5 Å². The Balaban J connectivity index is 1.69. The van der Waals surface area contributed by atoms with Gasteiger partial charge in [-0.25, -0.2) is 0 Å². The second-order valence-corrected chi connectivity index (χ2v) is 6.73. The molecule has 3 nitrogen and oxygen atoms in total. The number of rotatable bonds is 5. The fourth-order valence-electron chi connectivity index (χ4n) is 3.57. The third-order valence-electron chi connectivity index (χ3n) is 5.07. The van der Waals surface area contributed by atoms with Crippen molar-refractivity contribution in [3.63, 3.8) is 0 Å². The highest BCUT2D eigenvalue weighted by atomic mass is 16.7. The van der Waals surface area contributed by atoms with Crippen molar-refractivity contribution in [3.05, 3.63) is 48.6 Å². The first-order valence-electron chi connectivity index (χ1n) is 8.83. The number of benzene rings is 1. The summed E-state index contributed by atoms with van der Waals surface area (Å²) in [7, 11) is 0. The average Bonchev–Trinajstić information content (AvgIpc) is 2.61. The maximum atomic E-state index is 6.45. The van der Waals surface area contributed by atoms with Crippen LogP contribution in [0.3, 0.4) is 0 Å². The Labute approximate surface area is 139 Å². The van der Waals surface area contributed by atoms with Crippen molar-refractivity contribution >= 4 is 0 Å². The average molecular weight is 316 g/mol. The Morgan fingerprint density at radius 1 is 1.30 bits per heavy atom. The third-order valence-corrected chi connectivity index (χ3v) is 5.07. The SMILES string of the molecule is C=C[C@H](C)[C@H]1CC[C@H](OCc2ccccc2)[C@]2(CCCCO2)O1. The lowest BCUT2D eigenvalue weighted by atomic mass is 9.88. The van der Waals surface area contributed by atoms with Crippen molar-refractivity contribution in [1.29, 1.82) is 0 Å². The van der Waals surface area contributed by atoms with Gasteiger partial charge in [0.1, 0.15) is 6.10 Å². The molecule has 2 saturated heterocycles. The predicted molar refractivity (Wildman–Crippen MR) is 91.0 cm³/mol. The van der Waals surface area contributed by atoms with Crippen LogP contribution in [0.1, 0.15) is 44.6 Å². The van der Waals surface area contributed by atoms with E-state index in [-0.39, 0.29) is 12.2 Å². The summed E-state index contributed by atoms with van der Waals surface area (Å²) in [6.07, 6.45) is 7.32. The maximum absolute atomic E-state index is 6.45. The zero-order chi connectivity index (χ0) is 16.1. The van der Waals surface area contributed by atoms with Crippen LogP contribution in [0.5, 0.6) is 0 Å². The molecule has 126 valence electrons. The molecule has 0 saturated carbocycles. The normalized spacial score (nSPS) is 32.6. The van der Waals surface area contributed by atoms with E-state index in [4.69, 9.17) is 14.2 Å². The van der Waals surface area contributed by atoms with Gasteiger partial charge in [-0.3, -0.25) is 0 Å². The monoisotopic (exact) mass is 316 g/mol. The van der Waals surface area contributed by atoms with Crippen molar-refractivity contribution in [2.24, 2.45) is 5.92 Å². The van der Waals surface area contributed by atoms with Gasteiger partial charge in [0.15, 0.2) is 5.79 Å². The first-order valence-corrected chi connectivity index (χ1v) is 8.83. The summed E-state index contributed by atoms with van der Waals surface area (Å²) in [5.74, 6) is -0.222. The summed E-state index contributed by atoms with van der Waals surface area (Å²) in [5, 5.41) is 0. The number of hydrogen-bond acceptors (Lipinski definition) is 3. The minimum absolute atomic E-state index is 0.0104. The first-order chi connectivity index (χ1) is 11.2. The molecule has 2 fully saturated rings. The van der Waals surface area contributed by atoms with Crippen molar-refractivity contribution < 1.29 is 14.2 Å². The summed E-state index contributed by atoms with van der Waals surface area (Å²) in [5.41, 5.74) is 1.19. The van der Waals surface area contributed by atoms with E-state index in [0.717, 1.165) is 38.7 Å². The van der Waals surface area contributed by atoms with Gasteiger partial charge in [0.05, 0.1) is 19.3 Å². The van der Waals surface area contributed by atoms with E-state index in [9.17, 15) is 0 Å². The van der Waals surface area contributed by atoms with Gasteiger partial charge in [0.25, 0.3) is 0 Å². The molecule has 3 rings (SSSR count). The van der Waals surface area contributed by atoms with Crippen LogP contribution < -0.4 is 0 Å². The molecule has 3 heteroatoms. The van der Waals surface area contributed by atoms with Gasteiger partial charge in [-0.05, 0) is 31.2 Å². The van der Waals surface area contributed by atoms with E-state index < -0.39 is 5.79 Å². The summed E-state index contributed by atoms with van der Waals surface area (Å²) in [6.45, 7) is 7.46. The molecule has 1 aromatic rings. The highest BCUT2D eigenvalue weighted by Crippen LogP contribution is 2.41. The van der Waals surface area contributed by atoms with Gasteiger partial charge >= 0.3 is 0 Å². The van der Waals surface area contributed by atoms with Crippen molar-refractivity contribution in [2.45, 2.75) is 63.6 Å². The summed E-state index contributed by atoms with van der Waals surface area (Å²) in [6, 6.07) is 10.3. The van der Waals surface area contributed by atoms with Gasteiger partial charge in [-0.1, -0.05) is 43.3 Å². The van der Waals surface area contributed by atoms with Crippen LogP contribution in [0.2, 0.25) is 0 Å². The molecule has 4 atom stereocenters. The zero-order valence-corrected chi connectivity index (χ0v) is 14.1. The Bertz CT molecular complexity index is 493. The molecule has 1 spiro atoms. The second-order valence-electron chi connectivity index (χ2n) is 6.73. The molecule has 0 N–H and O–H groups in total. The van der Waals surface area contributed by atoms with Crippen LogP contribution in [0, 0.1) is 5.92 Å². The molecule has 23 heavy (non-hydrogen) atoms. The van der Waals surface area contributed by atoms with Crippen molar-refractivity contribution in [2.75, 3.05) is 6.61 Å². The van der Waals surface area contributed by atoms with E-state index in [2.05, 4.69) is 25.6 Å². The molecular formula is C20H28O3. The first kappa shape index (κ1) is 16.7. The van der Waals surface area contributed by atoms with E-state index in [1.165, 1.54) is 5.56 Å². The molecule has 0 radical (unpaired) electrons. The molecule has 0 unspecified atom stereocenters. The largest absolute Gasteiger partial charge is 0.368 e. The molecule has 0 aliphatic carbocycles. The van der Waals surface area contributed by atoms with Crippen LogP contribution in [0.4, 0.5) is 0 Å². The highest BCUT2D eigenvalue weighted by molar-refractivity contribution is 5.13. The highest BCUT2D eigenvalue weighted by Gasteiger charge is 2.48. The number of hydrogen-bond donors (Lipinski definition) is 0. The van der Waals surface area contributed by atoms with E-state index >= 15 is 0 Å². The van der Waals surface area contributed by atoms with Crippen LogP contribution in [-0.2, 0) is 20.8 Å². The summed E-state index contributed by atoms with van der Waals surface area (Å²) in [4.78, 5) is 0. The lowest BCUT2D eigenvalue weighted by molar-refractivity contribution is -0.346. The van der Waals surface area contributed by atoms with Crippen LogP contribution >= 0.6 is 0 Å². The zero-order valence-electron chi connectivity index (χ0n) is 14.1. The summed E-state index contributed by atoms with van der Waals surface area (Å²) < 4.78 is 18.8. The molecule has 2 aliphatic rings. The molecular weight excluding hydrogens is 288 g/mol. The lowest BCUT2D eigenvalue weighted by Crippen LogP contribution is -2.56. The Kier molecular flexibility index (Phi) is 5.52.